The van der Waals surface area contributed by atoms with Gasteiger partial charge in [0.05, 0.1) is 0 Å². The number of rotatable bonds is 2. The zero-order valence-corrected chi connectivity index (χ0v) is 11.3. The molecule has 0 saturated carbocycles. The third-order valence-electron chi connectivity index (χ3n) is 4.50. The predicted octanol–water partition coefficient (Wildman–Crippen LogP) is 2.72. The maximum atomic E-state index is 11.5. The zero-order valence-electron chi connectivity index (χ0n) is 11.3. The van der Waals surface area contributed by atoms with Gasteiger partial charge in [0.1, 0.15) is 0 Å². The van der Waals surface area contributed by atoms with E-state index in [-0.39, 0.29) is 6.03 Å². The van der Waals surface area contributed by atoms with Crippen LogP contribution < -0.4 is 5.32 Å². The Morgan fingerprint density at radius 3 is 1.88 bits per heavy atom. The van der Waals surface area contributed by atoms with Crippen LogP contribution in [0, 0.1) is 17.3 Å². The van der Waals surface area contributed by atoms with Crippen molar-refractivity contribution in [3.05, 3.63) is 0 Å². The number of hydrogen-bond acceptors (Lipinski definition) is 1. The normalized spacial score (nSPS) is 20.3. The van der Waals surface area contributed by atoms with Crippen LogP contribution in [0.2, 0.25) is 0 Å². The number of urea groups is 1. The summed E-state index contributed by atoms with van der Waals surface area (Å²) in [5.74, 6) is 1.39. The second kappa shape index (κ2) is 5.07. The lowest BCUT2D eigenvalue weighted by molar-refractivity contribution is 0.0317. The minimum Gasteiger partial charge on any atom is -0.341 e. The maximum absolute atomic E-state index is 11.5. The summed E-state index contributed by atoms with van der Waals surface area (Å²) in [6.45, 7) is 11.1. The van der Waals surface area contributed by atoms with E-state index in [0.29, 0.717) is 17.3 Å². The number of carbonyl (C=O) groups is 1. The van der Waals surface area contributed by atoms with Gasteiger partial charge in [0.15, 0.2) is 0 Å². The summed E-state index contributed by atoms with van der Waals surface area (Å²) >= 11 is 0. The largest absolute Gasteiger partial charge is 0.341 e. The average molecular weight is 226 g/mol. The van der Waals surface area contributed by atoms with Gasteiger partial charge >= 0.3 is 6.03 Å². The van der Waals surface area contributed by atoms with Gasteiger partial charge in [-0.1, -0.05) is 27.7 Å². The van der Waals surface area contributed by atoms with Crippen molar-refractivity contribution in [1.82, 2.24) is 10.2 Å². The molecule has 0 aromatic carbocycles. The first kappa shape index (κ1) is 13.3. The zero-order chi connectivity index (χ0) is 12.3. The topological polar surface area (TPSA) is 32.3 Å². The van der Waals surface area contributed by atoms with E-state index in [1.807, 2.05) is 4.90 Å². The summed E-state index contributed by atoms with van der Waals surface area (Å²) < 4.78 is 0. The van der Waals surface area contributed by atoms with Crippen molar-refractivity contribution in [3.63, 3.8) is 0 Å². The Morgan fingerprint density at radius 1 is 1.12 bits per heavy atom. The fourth-order valence-electron chi connectivity index (χ4n) is 3.11. The standard InChI is InChI=1S/C13H26N2O/c1-10(2)13(11(3)4)6-8-15(9-7-13)12(16)14-5/h10-11H,6-9H2,1-5H3,(H,14,16). The van der Waals surface area contributed by atoms with Gasteiger partial charge in [-0.05, 0) is 30.1 Å². The SMILES string of the molecule is CNC(=O)N1CCC(C(C)C)(C(C)C)CC1. The highest BCUT2D eigenvalue weighted by Gasteiger charge is 2.40. The molecule has 1 heterocycles. The van der Waals surface area contributed by atoms with Crippen molar-refractivity contribution in [2.24, 2.45) is 17.3 Å². The maximum Gasteiger partial charge on any atom is 0.317 e. The highest BCUT2D eigenvalue weighted by atomic mass is 16.2. The van der Waals surface area contributed by atoms with Gasteiger partial charge in [0.2, 0.25) is 0 Å². The summed E-state index contributed by atoms with van der Waals surface area (Å²) in [5, 5.41) is 2.71. The second-order valence-electron chi connectivity index (χ2n) is 5.58. The van der Waals surface area contributed by atoms with Crippen molar-refractivity contribution in [2.75, 3.05) is 20.1 Å². The smallest absolute Gasteiger partial charge is 0.317 e. The highest BCUT2D eigenvalue weighted by molar-refractivity contribution is 5.73. The lowest BCUT2D eigenvalue weighted by Gasteiger charge is -2.47. The van der Waals surface area contributed by atoms with E-state index in [1.165, 1.54) is 0 Å². The number of amides is 2. The first-order valence-electron chi connectivity index (χ1n) is 6.40. The van der Waals surface area contributed by atoms with E-state index >= 15 is 0 Å². The molecule has 0 spiro atoms. The van der Waals surface area contributed by atoms with Crippen LogP contribution in [0.5, 0.6) is 0 Å². The second-order valence-corrected chi connectivity index (χ2v) is 5.58. The van der Waals surface area contributed by atoms with Crippen molar-refractivity contribution < 1.29 is 4.79 Å². The number of piperidine rings is 1. The van der Waals surface area contributed by atoms with E-state index in [4.69, 9.17) is 0 Å². The third kappa shape index (κ3) is 2.33. The number of carbonyl (C=O) groups excluding carboxylic acids is 1. The molecule has 1 saturated heterocycles. The summed E-state index contributed by atoms with van der Waals surface area (Å²) in [6.07, 6.45) is 2.27. The van der Waals surface area contributed by atoms with Crippen LogP contribution >= 0.6 is 0 Å². The van der Waals surface area contributed by atoms with E-state index in [1.54, 1.807) is 7.05 Å². The highest BCUT2D eigenvalue weighted by Crippen LogP contribution is 2.44. The molecule has 0 aromatic heterocycles. The Bertz CT molecular complexity index is 230. The van der Waals surface area contributed by atoms with Crippen LogP contribution in [0.3, 0.4) is 0 Å². The van der Waals surface area contributed by atoms with E-state index in [0.717, 1.165) is 25.9 Å². The molecule has 0 radical (unpaired) electrons. The van der Waals surface area contributed by atoms with E-state index in [9.17, 15) is 4.79 Å². The van der Waals surface area contributed by atoms with Gasteiger partial charge in [-0.15, -0.1) is 0 Å². The summed E-state index contributed by atoms with van der Waals surface area (Å²) in [5.41, 5.74) is 0.421. The van der Waals surface area contributed by atoms with Crippen molar-refractivity contribution in [1.29, 1.82) is 0 Å². The molecule has 0 bridgehead atoms. The van der Waals surface area contributed by atoms with E-state index < -0.39 is 0 Å². The van der Waals surface area contributed by atoms with Gasteiger partial charge in [0.25, 0.3) is 0 Å². The van der Waals surface area contributed by atoms with Gasteiger partial charge in [-0.25, -0.2) is 4.79 Å². The van der Waals surface area contributed by atoms with Gasteiger partial charge in [-0.3, -0.25) is 0 Å². The fourth-order valence-corrected chi connectivity index (χ4v) is 3.11. The van der Waals surface area contributed by atoms with Gasteiger partial charge in [-0.2, -0.15) is 0 Å². The van der Waals surface area contributed by atoms with Gasteiger partial charge < -0.3 is 10.2 Å². The monoisotopic (exact) mass is 226 g/mol. The van der Waals surface area contributed by atoms with Crippen LogP contribution in [0.15, 0.2) is 0 Å². The molecule has 1 aliphatic heterocycles. The quantitative estimate of drug-likeness (QED) is 0.771. The van der Waals surface area contributed by atoms with Gasteiger partial charge in [0, 0.05) is 20.1 Å². The molecule has 0 aliphatic carbocycles. The molecule has 1 rings (SSSR count). The van der Waals surface area contributed by atoms with Crippen LogP contribution in [0.4, 0.5) is 4.79 Å². The lowest BCUT2D eigenvalue weighted by atomic mass is 9.63. The Morgan fingerprint density at radius 2 is 1.56 bits per heavy atom. The number of hydrogen-bond donors (Lipinski definition) is 1. The number of nitrogens with one attached hydrogen (secondary N) is 1. The lowest BCUT2D eigenvalue weighted by Crippen LogP contribution is -2.49. The summed E-state index contributed by atoms with van der Waals surface area (Å²) in [6, 6.07) is 0.0705. The Labute approximate surface area is 99.6 Å². The molecule has 0 unspecified atom stereocenters. The fraction of sp³-hybridized carbons (Fsp3) is 0.923. The molecule has 0 aromatic rings. The molecule has 0 atom stereocenters. The van der Waals surface area contributed by atoms with Crippen molar-refractivity contribution in [3.8, 4) is 0 Å². The molecular formula is C13H26N2O. The Kier molecular flexibility index (Phi) is 4.22. The number of nitrogens with zero attached hydrogens (tertiary/aromatic N) is 1. The predicted molar refractivity (Wildman–Crippen MR) is 67.4 cm³/mol. The van der Waals surface area contributed by atoms with Crippen molar-refractivity contribution in [2.45, 2.75) is 40.5 Å². The van der Waals surface area contributed by atoms with Crippen molar-refractivity contribution >= 4 is 6.03 Å². The molecule has 1 N–H and O–H groups in total. The minimum absolute atomic E-state index is 0.0705. The molecule has 1 aliphatic rings. The first-order valence-corrected chi connectivity index (χ1v) is 6.40. The molecule has 2 amide bonds. The van der Waals surface area contributed by atoms with E-state index in [2.05, 4.69) is 33.0 Å². The third-order valence-corrected chi connectivity index (χ3v) is 4.50. The summed E-state index contributed by atoms with van der Waals surface area (Å²) in [7, 11) is 1.70. The molecule has 3 heteroatoms. The minimum atomic E-state index is 0.0705. The van der Waals surface area contributed by atoms with Crippen LogP contribution in [0.25, 0.3) is 0 Å². The molecule has 1 fully saturated rings. The first-order chi connectivity index (χ1) is 7.44. The van der Waals surface area contributed by atoms with Crippen LogP contribution in [-0.4, -0.2) is 31.1 Å². The van der Waals surface area contributed by atoms with Crippen LogP contribution in [0.1, 0.15) is 40.5 Å². The molecular weight excluding hydrogens is 200 g/mol. The average Bonchev–Trinajstić information content (AvgIpc) is 2.27. The molecule has 16 heavy (non-hydrogen) atoms. The Balaban J connectivity index is 2.67. The Hall–Kier alpha value is -0.730. The molecule has 94 valence electrons. The number of likely N-dealkylation sites (tertiary alicyclic amines) is 1. The summed E-state index contributed by atoms with van der Waals surface area (Å²) in [4.78, 5) is 13.5. The van der Waals surface area contributed by atoms with Crippen LogP contribution in [-0.2, 0) is 0 Å². The molecule has 3 nitrogen and oxygen atoms in total.